The van der Waals surface area contributed by atoms with Crippen LogP contribution in [0.25, 0.3) is 0 Å². The van der Waals surface area contributed by atoms with Gasteiger partial charge in [0.1, 0.15) is 11.0 Å². The molecule has 0 spiro atoms. The highest BCUT2D eigenvalue weighted by molar-refractivity contribution is 7.89. The Morgan fingerprint density at radius 2 is 2.00 bits per heavy atom. The number of nitriles is 1. The molecule has 6 nitrogen and oxygen atoms in total. The number of pyridine rings is 1. The fraction of sp³-hybridized carbons (Fsp3) is 0.200. The molecule has 1 aromatic carbocycles. The molecule has 0 aliphatic carbocycles. The summed E-state index contributed by atoms with van der Waals surface area (Å²) >= 11 is 11.8. The zero-order chi connectivity index (χ0) is 17.3. The summed E-state index contributed by atoms with van der Waals surface area (Å²) in [6, 6.07) is 9.35. The van der Waals surface area contributed by atoms with E-state index in [-0.39, 0.29) is 35.0 Å². The molecule has 0 unspecified atom stereocenters. The standard InChI is InChI=1S/C15H11Cl2N3O3S/c16-11-1-2-13(17)14(6-11)24(21,22)20-8-12(9-20)23-15-5-10(7-18)3-4-19-15/h1-6,12H,8-9H2. The van der Waals surface area contributed by atoms with E-state index in [1.54, 1.807) is 6.07 Å². The Morgan fingerprint density at radius 3 is 2.71 bits per heavy atom. The normalized spacial score (nSPS) is 15.5. The molecule has 3 rings (SSSR count). The van der Waals surface area contributed by atoms with Crippen LogP contribution in [-0.2, 0) is 10.0 Å². The number of aromatic nitrogens is 1. The summed E-state index contributed by atoms with van der Waals surface area (Å²) in [6.07, 6.45) is 1.13. The minimum Gasteiger partial charge on any atom is -0.471 e. The SMILES string of the molecule is N#Cc1ccnc(OC2CN(S(=O)(=O)c3cc(Cl)ccc3Cl)C2)c1. The van der Waals surface area contributed by atoms with Crippen molar-refractivity contribution in [3.8, 4) is 11.9 Å². The number of nitrogens with zero attached hydrogens (tertiary/aromatic N) is 3. The number of benzene rings is 1. The summed E-state index contributed by atoms with van der Waals surface area (Å²) in [5.74, 6) is 0.289. The van der Waals surface area contributed by atoms with Crippen molar-refractivity contribution >= 4 is 33.2 Å². The maximum atomic E-state index is 12.6. The molecule has 1 aliphatic heterocycles. The second-order valence-corrected chi connectivity index (χ2v) is 7.88. The average molecular weight is 384 g/mol. The van der Waals surface area contributed by atoms with Crippen molar-refractivity contribution in [3.05, 3.63) is 52.1 Å². The predicted octanol–water partition coefficient (Wildman–Crippen LogP) is 2.71. The van der Waals surface area contributed by atoms with Gasteiger partial charge in [-0.25, -0.2) is 13.4 Å². The van der Waals surface area contributed by atoms with Crippen molar-refractivity contribution in [2.24, 2.45) is 0 Å². The van der Waals surface area contributed by atoms with E-state index in [2.05, 4.69) is 4.98 Å². The summed E-state index contributed by atoms with van der Waals surface area (Å²) in [5, 5.41) is 9.26. The molecule has 0 atom stereocenters. The minimum atomic E-state index is -3.73. The van der Waals surface area contributed by atoms with Gasteiger partial charge in [0.15, 0.2) is 0 Å². The summed E-state index contributed by atoms with van der Waals surface area (Å²) in [7, 11) is -3.73. The third-order valence-electron chi connectivity index (χ3n) is 3.48. The maximum Gasteiger partial charge on any atom is 0.244 e. The van der Waals surface area contributed by atoms with Gasteiger partial charge in [0.05, 0.1) is 29.7 Å². The van der Waals surface area contributed by atoms with E-state index >= 15 is 0 Å². The largest absolute Gasteiger partial charge is 0.471 e. The van der Waals surface area contributed by atoms with Crippen molar-refractivity contribution in [1.29, 1.82) is 5.26 Å². The van der Waals surface area contributed by atoms with Crippen molar-refractivity contribution in [3.63, 3.8) is 0 Å². The molecular formula is C15H11Cl2N3O3S. The zero-order valence-electron chi connectivity index (χ0n) is 12.2. The maximum absolute atomic E-state index is 12.6. The molecule has 124 valence electrons. The number of sulfonamides is 1. The first-order valence-electron chi connectivity index (χ1n) is 6.88. The summed E-state index contributed by atoms with van der Waals surface area (Å²) in [5.41, 5.74) is 0.425. The van der Waals surface area contributed by atoms with Gasteiger partial charge in [-0.1, -0.05) is 23.2 Å². The third-order valence-corrected chi connectivity index (χ3v) is 6.03. The van der Waals surface area contributed by atoms with Gasteiger partial charge in [0.2, 0.25) is 15.9 Å². The molecule has 0 bridgehead atoms. The quantitative estimate of drug-likeness (QED) is 0.810. The average Bonchev–Trinajstić information content (AvgIpc) is 2.52. The smallest absolute Gasteiger partial charge is 0.244 e. The van der Waals surface area contributed by atoms with Crippen LogP contribution in [0.4, 0.5) is 0 Å². The first-order valence-corrected chi connectivity index (χ1v) is 9.08. The Bertz CT molecular complexity index is 922. The van der Waals surface area contributed by atoms with E-state index in [1.165, 1.54) is 34.8 Å². The number of rotatable bonds is 4. The van der Waals surface area contributed by atoms with Crippen LogP contribution in [0, 0.1) is 11.3 Å². The molecule has 0 amide bonds. The summed E-state index contributed by atoms with van der Waals surface area (Å²) in [4.78, 5) is 3.97. The van der Waals surface area contributed by atoms with Gasteiger partial charge in [-0.15, -0.1) is 0 Å². The van der Waals surface area contributed by atoms with E-state index in [9.17, 15) is 8.42 Å². The second-order valence-electron chi connectivity index (χ2n) is 5.13. The van der Waals surface area contributed by atoms with E-state index < -0.39 is 10.0 Å². The minimum absolute atomic E-state index is 0.0280. The van der Waals surface area contributed by atoms with Gasteiger partial charge in [-0.3, -0.25) is 0 Å². The van der Waals surface area contributed by atoms with E-state index in [0.717, 1.165) is 0 Å². The molecule has 0 N–H and O–H groups in total. The molecule has 0 radical (unpaired) electrons. The van der Waals surface area contributed by atoms with Crippen molar-refractivity contribution in [1.82, 2.24) is 9.29 Å². The first-order chi connectivity index (χ1) is 11.4. The van der Waals surface area contributed by atoms with Crippen LogP contribution in [0.3, 0.4) is 0 Å². The third kappa shape index (κ3) is 3.32. The molecule has 1 aromatic heterocycles. The summed E-state index contributed by atoms with van der Waals surface area (Å²) in [6.45, 7) is 0.341. The van der Waals surface area contributed by atoms with E-state index in [1.807, 2.05) is 6.07 Å². The lowest BCUT2D eigenvalue weighted by Crippen LogP contribution is -2.56. The van der Waals surface area contributed by atoms with Gasteiger partial charge < -0.3 is 4.74 Å². The summed E-state index contributed by atoms with van der Waals surface area (Å²) < 4.78 is 31.9. The van der Waals surface area contributed by atoms with Crippen LogP contribution in [-0.4, -0.2) is 36.9 Å². The van der Waals surface area contributed by atoms with Gasteiger partial charge >= 0.3 is 0 Å². The predicted molar refractivity (Wildman–Crippen MR) is 88.6 cm³/mol. The fourth-order valence-electron chi connectivity index (χ4n) is 2.20. The Hall–Kier alpha value is -1.85. The van der Waals surface area contributed by atoms with Crippen LogP contribution >= 0.6 is 23.2 Å². The molecule has 1 aliphatic rings. The van der Waals surface area contributed by atoms with Crippen LogP contribution < -0.4 is 4.74 Å². The van der Waals surface area contributed by atoms with Gasteiger partial charge in [0.25, 0.3) is 0 Å². The molecule has 2 aromatic rings. The Labute approximate surface area is 149 Å². The lowest BCUT2D eigenvalue weighted by atomic mass is 10.2. The lowest BCUT2D eigenvalue weighted by molar-refractivity contribution is 0.0721. The zero-order valence-corrected chi connectivity index (χ0v) is 14.5. The fourth-order valence-corrected chi connectivity index (χ4v) is 4.44. The van der Waals surface area contributed by atoms with Crippen LogP contribution in [0.5, 0.6) is 5.88 Å². The van der Waals surface area contributed by atoms with Gasteiger partial charge in [-0.2, -0.15) is 9.57 Å². The number of halogens is 2. The number of hydrogen-bond donors (Lipinski definition) is 0. The van der Waals surface area contributed by atoms with Gasteiger partial charge in [-0.05, 0) is 24.3 Å². The number of ether oxygens (including phenoxy) is 1. The highest BCUT2D eigenvalue weighted by Gasteiger charge is 2.39. The molecular weight excluding hydrogens is 373 g/mol. The molecule has 9 heteroatoms. The molecule has 1 saturated heterocycles. The van der Waals surface area contributed by atoms with Crippen molar-refractivity contribution in [2.45, 2.75) is 11.0 Å². The highest BCUT2D eigenvalue weighted by atomic mass is 35.5. The second kappa shape index (κ2) is 6.57. The topological polar surface area (TPSA) is 83.3 Å². The van der Waals surface area contributed by atoms with Crippen LogP contribution in [0.1, 0.15) is 5.56 Å². The number of hydrogen-bond acceptors (Lipinski definition) is 5. The first kappa shape index (κ1) is 17.0. The van der Waals surface area contributed by atoms with E-state index in [0.29, 0.717) is 10.6 Å². The Balaban J connectivity index is 1.69. The van der Waals surface area contributed by atoms with E-state index in [4.69, 9.17) is 33.2 Å². The van der Waals surface area contributed by atoms with Crippen LogP contribution in [0.2, 0.25) is 10.0 Å². The molecule has 24 heavy (non-hydrogen) atoms. The molecule has 1 fully saturated rings. The Morgan fingerprint density at radius 1 is 1.25 bits per heavy atom. The highest BCUT2D eigenvalue weighted by Crippen LogP contribution is 2.30. The van der Waals surface area contributed by atoms with Crippen molar-refractivity contribution < 1.29 is 13.2 Å². The van der Waals surface area contributed by atoms with Crippen molar-refractivity contribution in [2.75, 3.05) is 13.1 Å². The Kier molecular flexibility index (Phi) is 4.65. The van der Waals surface area contributed by atoms with Crippen LogP contribution in [0.15, 0.2) is 41.4 Å². The lowest BCUT2D eigenvalue weighted by Gasteiger charge is -2.37. The molecule has 2 heterocycles. The monoisotopic (exact) mass is 383 g/mol. The molecule has 0 saturated carbocycles. The van der Waals surface area contributed by atoms with Gasteiger partial charge in [0, 0.05) is 17.3 Å².